The van der Waals surface area contributed by atoms with Gasteiger partial charge in [-0.15, -0.1) is 0 Å². The third-order valence-electron chi connectivity index (χ3n) is 8.68. The molecule has 4 amide bonds. The Morgan fingerprint density at radius 3 is 2.63 bits per heavy atom. The number of hydrogen-bond acceptors (Lipinski definition) is 5. The molecule has 3 aliphatic heterocycles. The fraction of sp³-hybridized carbons (Fsp3) is 0.643. The normalized spacial score (nSPS) is 26.4. The highest BCUT2D eigenvalue weighted by Gasteiger charge is 2.47. The predicted molar refractivity (Wildman–Crippen MR) is 148 cm³/mol. The van der Waals surface area contributed by atoms with E-state index in [-0.39, 0.29) is 18.4 Å². The van der Waals surface area contributed by atoms with Crippen molar-refractivity contribution in [2.75, 3.05) is 30.3 Å². The molecule has 0 aromatic heterocycles. The molecule has 1 aromatic rings. The van der Waals surface area contributed by atoms with E-state index in [2.05, 4.69) is 17.6 Å². The van der Waals surface area contributed by atoms with E-state index < -0.39 is 22.6 Å². The summed E-state index contributed by atoms with van der Waals surface area (Å²) in [5, 5.41) is 5.67. The molecule has 1 unspecified atom stereocenters. The molecule has 4 aliphatic rings. The molecule has 10 heteroatoms. The summed E-state index contributed by atoms with van der Waals surface area (Å²) in [5.41, 5.74) is 1.86. The van der Waals surface area contributed by atoms with Crippen molar-refractivity contribution in [3.05, 3.63) is 29.3 Å². The number of aliphatic imine (C=N–C) groups is 1. The van der Waals surface area contributed by atoms with Crippen molar-refractivity contribution in [3.8, 4) is 0 Å². The first kappa shape index (κ1) is 27.0. The van der Waals surface area contributed by atoms with Gasteiger partial charge in [-0.1, -0.05) is 38.7 Å². The van der Waals surface area contributed by atoms with Gasteiger partial charge in [-0.3, -0.25) is 14.6 Å². The van der Waals surface area contributed by atoms with Crippen molar-refractivity contribution >= 4 is 40.4 Å². The van der Waals surface area contributed by atoms with Crippen LogP contribution in [0, 0.1) is 18.8 Å². The molecular formula is C28H39N5O4S. The summed E-state index contributed by atoms with van der Waals surface area (Å²) >= 11 is 0. The lowest BCUT2D eigenvalue weighted by Crippen LogP contribution is -2.49. The minimum absolute atomic E-state index is 0.0179. The third-order valence-corrected chi connectivity index (χ3v) is 10.2. The number of nitrogens with zero attached hydrogens (tertiary/aromatic N) is 3. The Hall–Kier alpha value is -2.59. The van der Waals surface area contributed by atoms with Gasteiger partial charge in [-0.25, -0.2) is 18.2 Å². The average molecular weight is 542 g/mol. The number of rotatable bonds is 8. The van der Waals surface area contributed by atoms with Crippen molar-refractivity contribution in [3.63, 3.8) is 0 Å². The lowest BCUT2D eigenvalue weighted by atomic mass is 9.79. The highest BCUT2D eigenvalue weighted by molar-refractivity contribution is 7.82. The van der Waals surface area contributed by atoms with Gasteiger partial charge < -0.3 is 10.6 Å². The predicted octanol–water partition coefficient (Wildman–Crippen LogP) is 3.23. The number of nitrogens with one attached hydrogen (secondary N) is 2. The zero-order valence-corrected chi connectivity index (χ0v) is 23.3. The molecule has 9 nitrogen and oxygen atoms in total. The molecule has 2 N–H and O–H groups in total. The van der Waals surface area contributed by atoms with Gasteiger partial charge in [-0.2, -0.15) is 0 Å². The summed E-state index contributed by atoms with van der Waals surface area (Å²) in [6.45, 7) is 5.37. The van der Waals surface area contributed by atoms with Gasteiger partial charge in [-0.05, 0) is 68.2 Å². The SMILES string of the molecule is CCC[C@@H]1CCC[C@H](C2=NC3(CCN(S(=O)CCc4ccc(N5C(=O)CNC5=O)cc4C)CC3)C(=O)N2)C1. The Kier molecular flexibility index (Phi) is 8.00. The molecule has 2 saturated heterocycles. The molecule has 3 fully saturated rings. The van der Waals surface area contributed by atoms with Crippen LogP contribution in [0.3, 0.4) is 0 Å². The van der Waals surface area contributed by atoms with Crippen LogP contribution in [0.2, 0.25) is 0 Å². The Balaban J connectivity index is 1.15. The van der Waals surface area contributed by atoms with Gasteiger partial charge in [0.2, 0.25) is 0 Å². The monoisotopic (exact) mass is 541 g/mol. The highest BCUT2D eigenvalue weighted by Crippen LogP contribution is 2.37. The van der Waals surface area contributed by atoms with E-state index in [1.807, 2.05) is 23.4 Å². The first-order chi connectivity index (χ1) is 18.3. The second-order valence-corrected chi connectivity index (χ2v) is 12.8. The number of hydrogen-bond donors (Lipinski definition) is 2. The van der Waals surface area contributed by atoms with Gasteiger partial charge >= 0.3 is 6.03 Å². The molecular weight excluding hydrogens is 502 g/mol. The van der Waals surface area contributed by atoms with Crippen molar-refractivity contribution in [1.82, 2.24) is 14.9 Å². The third kappa shape index (κ3) is 5.43. The number of piperidine rings is 1. The van der Waals surface area contributed by atoms with Crippen LogP contribution in [0.1, 0.15) is 69.4 Å². The van der Waals surface area contributed by atoms with E-state index in [1.165, 1.54) is 25.7 Å². The summed E-state index contributed by atoms with van der Waals surface area (Å²) in [7, 11) is -1.16. The molecule has 3 atom stereocenters. The number of carbonyl (C=O) groups excluding carboxylic acids is 3. The van der Waals surface area contributed by atoms with Crippen LogP contribution in [0.4, 0.5) is 10.5 Å². The maximum absolute atomic E-state index is 13.1. The molecule has 1 saturated carbocycles. The average Bonchev–Trinajstić information content (AvgIpc) is 3.41. The fourth-order valence-electron chi connectivity index (χ4n) is 6.45. The molecule has 0 bridgehead atoms. The van der Waals surface area contributed by atoms with Gasteiger partial charge in [0.15, 0.2) is 0 Å². The maximum Gasteiger partial charge on any atom is 0.329 e. The second-order valence-electron chi connectivity index (χ2n) is 11.2. The van der Waals surface area contributed by atoms with Crippen molar-refractivity contribution < 1.29 is 18.6 Å². The quantitative estimate of drug-likeness (QED) is 0.492. The lowest BCUT2D eigenvalue weighted by Gasteiger charge is -2.34. The zero-order chi connectivity index (χ0) is 26.9. The van der Waals surface area contributed by atoms with E-state index >= 15 is 0 Å². The van der Waals surface area contributed by atoms with Gasteiger partial charge in [0.25, 0.3) is 11.8 Å². The number of imide groups is 1. The van der Waals surface area contributed by atoms with E-state index in [0.29, 0.717) is 49.7 Å². The van der Waals surface area contributed by atoms with E-state index in [0.717, 1.165) is 40.6 Å². The number of amidine groups is 1. The van der Waals surface area contributed by atoms with E-state index in [1.54, 1.807) is 6.07 Å². The summed E-state index contributed by atoms with van der Waals surface area (Å²) in [5.74, 6) is 2.24. The number of carbonyl (C=O) groups is 3. The molecule has 0 radical (unpaired) electrons. The van der Waals surface area contributed by atoms with E-state index in [9.17, 15) is 18.6 Å². The van der Waals surface area contributed by atoms with Crippen molar-refractivity contribution in [1.29, 1.82) is 0 Å². The minimum Gasteiger partial charge on any atom is -0.328 e. The van der Waals surface area contributed by atoms with Crippen LogP contribution in [-0.4, -0.2) is 63.1 Å². The van der Waals surface area contributed by atoms with Gasteiger partial charge in [0.05, 0.1) is 23.2 Å². The standard InChI is InChI=1S/C28H39N5O4S/c1-3-5-20-6-4-7-22(17-20)25-30-26(35)28(31-25)11-13-32(14-12-28)38(37)15-10-21-8-9-23(16-19(21)2)33-24(34)18-29-27(33)36/h8-9,16,20,22H,3-7,10-15,17-18H2,1-2H3,(H,29,36)(H,30,31,35)/t20-,22+,38?/m1/s1. The Labute approximate surface area is 227 Å². The van der Waals surface area contributed by atoms with Crippen LogP contribution >= 0.6 is 0 Å². The van der Waals surface area contributed by atoms with Gasteiger partial charge in [0, 0.05) is 24.8 Å². The number of anilines is 1. The second kappa shape index (κ2) is 11.3. The fourth-order valence-corrected chi connectivity index (χ4v) is 7.70. The number of amides is 4. The molecule has 1 spiro atoms. The summed E-state index contributed by atoms with van der Waals surface area (Å²) in [6, 6.07) is 5.10. The van der Waals surface area contributed by atoms with E-state index in [4.69, 9.17) is 4.99 Å². The zero-order valence-electron chi connectivity index (χ0n) is 22.5. The summed E-state index contributed by atoms with van der Waals surface area (Å²) < 4.78 is 15.1. The smallest absolute Gasteiger partial charge is 0.328 e. The van der Waals surface area contributed by atoms with Crippen LogP contribution < -0.4 is 15.5 Å². The van der Waals surface area contributed by atoms with Crippen LogP contribution in [0.5, 0.6) is 0 Å². The maximum atomic E-state index is 13.1. The van der Waals surface area contributed by atoms with Crippen LogP contribution in [-0.2, 0) is 27.0 Å². The first-order valence-electron chi connectivity index (χ1n) is 14.0. The molecule has 206 valence electrons. The molecule has 5 rings (SSSR count). The Bertz CT molecular complexity index is 1140. The first-order valence-corrected chi connectivity index (χ1v) is 15.3. The Morgan fingerprint density at radius 1 is 1.16 bits per heavy atom. The number of benzene rings is 1. The molecule has 3 heterocycles. The van der Waals surface area contributed by atoms with Crippen LogP contribution in [0.15, 0.2) is 23.2 Å². The minimum atomic E-state index is -1.16. The largest absolute Gasteiger partial charge is 0.329 e. The molecule has 1 aliphatic carbocycles. The molecule has 1 aromatic carbocycles. The van der Waals surface area contributed by atoms with Gasteiger partial charge in [0.1, 0.15) is 11.4 Å². The highest BCUT2D eigenvalue weighted by atomic mass is 32.2. The summed E-state index contributed by atoms with van der Waals surface area (Å²) in [6.07, 6.45) is 9.00. The number of urea groups is 1. The summed E-state index contributed by atoms with van der Waals surface area (Å²) in [4.78, 5) is 43.1. The lowest BCUT2D eigenvalue weighted by molar-refractivity contribution is -0.125. The number of aryl methyl sites for hydroxylation is 2. The van der Waals surface area contributed by atoms with Crippen LogP contribution in [0.25, 0.3) is 0 Å². The van der Waals surface area contributed by atoms with Crippen molar-refractivity contribution in [2.45, 2.75) is 77.2 Å². The topological polar surface area (TPSA) is 111 Å². The molecule has 38 heavy (non-hydrogen) atoms. The Morgan fingerprint density at radius 2 is 1.95 bits per heavy atom. The van der Waals surface area contributed by atoms with Crippen molar-refractivity contribution in [2.24, 2.45) is 16.8 Å².